The summed E-state index contributed by atoms with van der Waals surface area (Å²) in [6, 6.07) is -0.639. The van der Waals surface area contributed by atoms with Gasteiger partial charge in [-0.25, -0.2) is 8.78 Å². The first kappa shape index (κ1) is 15.3. The number of hydrogen-bond donors (Lipinski definition) is 0. The van der Waals surface area contributed by atoms with Crippen molar-refractivity contribution in [3.8, 4) is 0 Å². The van der Waals surface area contributed by atoms with E-state index in [1.165, 1.54) is 0 Å². The predicted molar refractivity (Wildman–Crippen MR) is 62.7 cm³/mol. The highest BCUT2D eigenvalue weighted by molar-refractivity contribution is 5.87. The zero-order chi connectivity index (χ0) is 14.9. The maximum Gasteiger partial charge on any atom is 0.383 e. The first-order valence-corrected chi connectivity index (χ1v) is 6.85. The molecule has 1 aliphatic carbocycles. The summed E-state index contributed by atoms with van der Waals surface area (Å²) < 4.78 is 51.0. The van der Waals surface area contributed by atoms with Gasteiger partial charge < -0.3 is 4.90 Å². The lowest BCUT2D eigenvalue weighted by atomic mass is 9.81. The lowest BCUT2D eigenvalue weighted by Crippen LogP contribution is -2.52. The summed E-state index contributed by atoms with van der Waals surface area (Å²) in [7, 11) is 0. The number of carbonyl (C=O) groups is 2. The topological polar surface area (TPSA) is 37.4 Å². The van der Waals surface area contributed by atoms with Gasteiger partial charge in [0.05, 0.1) is 0 Å². The van der Waals surface area contributed by atoms with Crippen molar-refractivity contribution in [2.75, 3.05) is 6.54 Å². The molecule has 0 aromatic carbocycles. The molecule has 0 N–H and O–H groups in total. The van der Waals surface area contributed by atoms with Gasteiger partial charge in [0, 0.05) is 24.9 Å². The molecule has 2 rings (SSSR count). The SMILES string of the molecule is O=C1CCCCC1C1CCCN1C(=O)C(F)(F)C(F)F. The van der Waals surface area contributed by atoms with E-state index in [4.69, 9.17) is 0 Å². The van der Waals surface area contributed by atoms with E-state index in [0.29, 0.717) is 25.7 Å². The normalized spacial score (nSPS) is 28.2. The summed E-state index contributed by atoms with van der Waals surface area (Å²) in [6.07, 6.45) is -0.606. The zero-order valence-corrected chi connectivity index (χ0v) is 11.0. The minimum absolute atomic E-state index is 0.0234. The number of carbonyl (C=O) groups excluding carboxylic acids is 2. The number of likely N-dealkylation sites (tertiary alicyclic amines) is 1. The van der Waals surface area contributed by atoms with E-state index in [-0.39, 0.29) is 12.3 Å². The van der Waals surface area contributed by atoms with Gasteiger partial charge in [-0.3, -0.25) is 9.59 Å². The van der Waals surface area contributed by atoms with Gasteiger partial charge >= 0.3 is 12.3 Å². The van der Waals surface area contributed by atoms with Gasteiger partial charge in [0.25, 0.3) is 5.91 Å². The van der Waals surface area contributed by atoms with Gasteiger partial charge in [0.15, 0.2) is 0 Å². The van der Waals surface area contributed by atoms with Crippen molar-refractivity contribution in [3.63, 3.8) is 0 Å². The van der Waals surface area contributed by atoms with Gasteiger partial charge in [0.2, 0.25) is 0 Å². The highest BCUT2D eigenvalue weighted by atomic mass is 19.3. The Morgan fingerprint density at radius 1 is 1.20 bits per heavy atom. The van der Waals surface area contributed by atoms with Crippen LogP contribution in [-0.4, -0.2) is 41.5 Å². The zero-order valence-electron chi connectivity index (χ0n) is 11.0. The van der Waals surface area contributed by atoms with Gasteiger partial charge in [0.1, 0.15) is 5.78 Å². The van der Waals surface area contributed by atoms with E-state index in [9.17, 15) is 27.2 Å². The molecule has 1 aliphatic heterocycles. The van der Waals surface area contributed by atoms with Gasteiger partial charge in [-0.05, 0) is 25.7 Å². The highest BCUT2D eigenvalue weighted by Gasteiger charge is 2.54. The van der Waals surface area contributed by atoms with Crippen LogP contribution in [0.4, 0.5) is 17.6 Å². The van der Waals surface area contributed by atoms with Crippen LogP contribution in [0.25, 0.3) is 0 Å². The van der Waals surface area contributed by atoms with Crippen LogP contribution in [0.5, 0.6) is 0 Å². The highest BCUT2D eigenvalue weighted by Crippen LogP contribution is 2.35. The van der Waals surface area contributed by atoms with Crippen molar-refractivity contribution < 1.29 is 27.2 Å². The third-order valence-corrected chi connectivity index (χ3v) is 4.19. The molecule has 2 atom stereocenters. The number of alkyl halides is 4. The summed E-state index contributed by atoms with van der Waals surface area (Å²) in [6.45, 7) is 0.0234. The quantitative estimate of drug-likeness (QED) is 0.751. The lowest BCUT2D eigenvalue weighted by molar-refractivity contribution is -0.182. The molecule has 20 heavy (non-hydrogen) atoms. The largest absolute Gasteiger partial charge is 0.383 e. The Hall–Kier alpha value is -1.14. The lowest BCUT2D eigenvalue weighted by Gasteiger charge is -2.34. The average Bonchev–Trinajstić information content (AvgIpc) is 2.87. The van der Waals surface area contributed by atoms with E-state index in [2.05, 4.69) is 0 Å². The molecule has 1 heterocycles. The molecule has 0 radical (unpaired) electrons. The average molecular weight is 295 g/mol. The Bertz CT molecular complexity index is 400. The van der Waals surface area contributed by atoms with Crippen LogP contribution in [-0.2, 0) is 9.59 Å². The third-order valence-electron chi connectivity index (χ3n) is 4.19. The van der Waals surface area contributed by atoms with E-state index in [1.54, 1.807) is 0 Å². The fraction of sp³-hybridized carbons (Fsp3) is 0.846. The summed E-state index contributed by atoms with van der Waals surface area (Å²) in [5.74, 6) is -7.02. The molecule has 0 aromatic rings. The molecule has 2 unspecified atom stereocenters. The first-order valence-electron chi connectivity index (χ1n) is 6.85. The van der Waals surface area contributed by atoms with E-state index in [0.717, 1.165) is 17.7 Å². The molecular formula is C13H17F4NO2. The molecule has 2 aliphatic rings. The van der Waals surface area contributed by atoms with Crippen molar-refractivity contribution in [1.82, 2.24) is 4.90 Å². The number of rotatable bonds is 3. The van der Waals surface area contributed by atoms with Crippen molar-refractivity contribution in [2.45, 2.75) is 56.9 Å². The van der Waals surface area contributed by atoms with Crippen molar-refractivity contribution in [2.24, 2.45) is 5.92 Å². The van der Waals surface area contributed by atoms with Crippen LogP contribution in [0, 0.1) is 5.92 Å². The van der Waals surface area contributed by atoms with Gasteiger partial charge in [-0.1, -0.05) is 6.42 Å². The van der Waals surface area contributed by atoms with E-state index in [1.807, 2.05) is 0 Å². The summed E-state index contributed by atoms with van der Waals surface area (Å²) >= 11 is 0. The molecule has 0 spiro atoms. The number of ketones is 1. The minimum Gasteiger partial charge on any atom is -0.334 e. The van der Waals surface area contributed by atoms with Crippen LogP contribution >= 0.6 is 0 Å². The van der Waals surface area contributed by atoms with Crippen molar-refractivity contribution in [1.29, 1.82) is 0 Å². The Labute approximate surface area is 114 Å². The maximum absolute atomic E-state index is 13.2. The second-order valence-electron chi connectivity index (χ2n) is 5.45. The number of Topliss-reactive ketones (excluding diaryl/α,β-unsaturated/α-hetero) is 1. The molecule has 114 valence electrons. The van der Waals surface area contributed by atoms with Gasteiger partial charge in [-0.2, -0.15) is 8.78 Å². The number of hydrogen-bond acceptors (Lipinski definition) is 2. The summed E-state index contributed by atoms with van der Waals surface area (Å²) in [5.41, 5.74) is 0. The van der Waals surface area contributed by atoms with Crippen LogP contribution in [0.2, 0.25) is 0 Å². The van der Waals surface area contributed by atoms with Crippen LogP contribution in [0.15, 0.2) is 0 Å². The Kier molecular flexibility index (Phi) is 4.34. The van der Waals surface area contributed by atoms with Crippen LogP contribution < -0.4 is 0 Å². The Morgan fingerprint density at radius 2 is 1.90 bits per heavy atom. The van der Waals surface area contributed by atoms with Crippen LogP contribution in [0.1, 0.15) is 38.5 Å². The van der Waals surface area contributed by atoms with Gasteiger partial charge in [-0.15, -0.1) is 0 Å². The molecule has 1 saturated carbocycles. The molecular weight excluding hydrogens is 278 g/mol. The minimum atomic E-state index is -4.67. The molecule has 3 nitrogen and oxygen atoms in total. The first-order chi connectivity index (χ1) is 9.35. The standard InChI is InChI=1S/C13H17F4NO2/c14-11(15)13(16,17)12(20)18-7-3-5-9(18)8-4-1-2-6-10(8)19/h8-9,11H,1-7H2. The van der Waals surface area contributed by atoms with E-state index < -0.39 is 30.2 Å². The molecule has 1 saturated heterocycles. The number of amides is 1. The molecule has 0 aromatic heterocycles. The van der Waals surface area contributed by atoms with Crippen LogP contribution in [0.3, 0.4) is 0 Å². The molecule has 1 amide bonds. The summed E-state index contributed by atoms with van der Waals surface area (Å²) in [5, 5.41) is 0. The fourth-order valence-electron chi connectivity index (χ4n) is 3.16. The summed E-state index contributed by atoms with van der Waals surface area (Å²) in [4.78, 5) is 24.3. The monoisotopic (exact) mass is 295 g/mol. The van der Waals surface area contributed by atoms with E-state index >= 15 is 0 Å². The molecule has 7 heteroatoms. The van der Waals surface area contributed by atoms with Crippen molar-refractivity contribution >= 4 is 11.7 Å². The molecule has 2 fully saturated rings. The number of halogens is 4. The third kappa shape index (κ3) is 2.67. The predicted octanol–water partition coefficient (Wildman–Crippen LogP) is 2.64. The molecule has 0 bridgehead atoms. The Balaban J connectivity index is 2.14. The second-order valence-corrected chi connectivity index (χ2v) is 5.45. The smallest absolute Gasteiger partial charge is 0.334 e. The van der Waals surface area contributed by atoms with Crippen molar-refractivity contribution in [3.05, 3.63) is 0 Å². The second kappa shape index (κ2) is 5.69. The fourth-order valence-corrected chi connectivity index (χ4v) is 3.16. The maximum atomic E-state index is 13.2. The number of nitrogens with zero attached hydrogens (tertiary/aromatic N) is 1. The Morgan fingerprint density at radius 3 is 2.50 bits per heavy atom.